The summed E-state index contributed by atoms with van der Waals surface area (Å²) in [6, 6.07) is 5.48. The maximum absolute atomic E-state index is 12.6. The molecule has 0 aromatic heterocycles. The zero-order chi connectivity index (χ0) is 13.6. The molecule has 3 N–H and O–H groups in total. The van der Waals surface area contributed by atoms with Crippen molar-refractivity contribution in [3.63, 3.8) is 0 Å². The summed E-state index contributed by atoms with van der Waals surface area (Å²) in [5, 5.41) is 8.97. The molecule has 1 heterocycles. The molecule has 1 aromatic carbocycles. The van der Waals surface area contributed by atoms with Gasteiger partial charge in [0, 0.05) is 29.8 Å². The monoisotopic (exact) mass is 260 g/mol. The number of rotatable bonds is 0. The van der Waals surface area contributed by atoms with Crippen molar-refractivity contribution in [1.82, 2.24) is 4.90 Å². The first-order valence-electron chi connectivity index (χ1n) is 6.43. The standard InChI is InChI=1S/C14H16N2O3/c15-10-2-1-9-8-14(12(17)11(9)7-10)3-5-16(6-4-14)13(18)19/h1-2,7H,3-6,8,15H2,(H,18,19). The number of hydrogen-bond acceptors (Lipinski definition) is 3. The first-order valence-corrected chi connectivity index (χ1v) is 6.43. The highest BCUT2D eigenvalue weighted by atomic mass is 16.4. The van der Waals surface area contributed by atoms with E-state index in [-0.39, 0.29) is 5.78 Å². The molecule has 0 atom stereocenters. The van der Waals surface area contributed by atoms with Gasteiger partial charge in [-0.1, -0.05) is 6.07 Å². The Balaban J connectivity index is 1.86. The number of anilines is 1. The van der Waals surface area contributed by atoms with E-state index in [2.05, 4.69) is 0 Å². The largest absolute Gasteiger partial charge is 0.465 e. The lowest BCUT2D eigenvalue weighted by Crippen LogP contribution is -2.45. The van der Waals surface area contributed by atoms with Crippen LogP contribution in [0.1, 0.15) is 28.8 Å². The van der Waals surface area contributed by atoms with E-state index in [9.17, 15) is 9.59 Å². The summed E-state index contributed by atoms with van der Waals surface area (Å²) in [4.78, 5) is 24.9. The first-order chi connectivity index (χ1) is 9.02. The highest BCUT2D eigenvalue weighted by Gasteiger charge is 2.47. The molecular weight excluding hydrogens is 244 g/mol. The summed E-state index contributed by atoms with van der Waals surface area (Å²) in [6.07, 6.45) is 1.02. The summed E-state index contributed by atoms with van der Waals surface area (Å²) < 4.78 is 0. The molecule has 1 spiro atoms. The Morgan fingerprint density at radius 3 is 2.63 bits per heavy atom. The van der Waals surface area contributed by atoms with Crippen LogP contribution in [0.2, 0.25) is 0 Å². The molecule has 5 nitrogen and oxygen atoms in total. The van der Waals surface area contributed by atoms with Crippen LogP contribution in [0.3, 0.4) is 0 Å². The van der Waals surface area contributed by atoms with Gasteiger partial charge in [0.2, 0.25) is 0 Å². The molecule has 0 saturated carbocycles. The van der Waals surface area contributed by atoms with Gasteiger partial charge in [0.25, 0.3) is 0 Å². The van der Waals surface area contributed by atoms with Crippen LogP contribution in [0.25, 0.3) is 0 Å². The summed E-state index contributed by atoms with van der Waals surface area (Å²) in [7, 11) is 0. The van der Waals surface area contributed by atoms with Crippen LogP contribution in [-0.4, -0.2) is 35.0 Å². The first kappa shape index (κ1) is 12.0. The normalized spacial score (nSPS) is 20.6. The fraction of sp³-hybridized carbons (Fsp3) is 0.429. The maximum atomic E-state index is 12.6. The lowest BCUT2D eigenvalue weighted by molar-refractivity contribution is 0.0621. The second-order valence-corrected chi connectivity index (χ2v) is 5.47. The molecule has 3 rings (SSSR count). The Hall–Kier alpha value is -2.04. The fourth-order valence-corrected chi connectivity index (χ4v) is 3.22. The third-order valence-electron chi connectivity index (χ3n) is 4.38. The Morgan fingerprint density at radius 2 is 2.00 bits per heavy atom. The molecule has 100 valence electrons. The van der Waals surface area contributed by atoms with Crippen LogP contribution >= 0.6 is 0 Å². The number of likely N-dealkylation sites (tertiary alicyclic amines) is 1. The van der Waals surface area contributed by atoms with E-state index in [0.717, 1.165) is 17.5 Å². The minimum Gasteiger partial charge on any atom is -0.465 e. The predicted molar refractivity (Wildman–Crippen MR) is 70.2 cm³/mol. The van der Waals surface area contributed by atoms with E-state index in [1.165, 1.54) is 4.90 Å². The van der Waals surface area contributed by atoms with Crippen LogP contribution in [0.5, 0.6) is 0 Å². The number of carbonyl (C=O) groups is 2. The van der Waals surface area contributed by atoms with Gasteiger partial charge in [0.15, 0.2) is 5.78 Å². The number of Topliss-reactive ketones (excluding diaryl/α,β-unsaturated/α-hetero) is 1. The number of amides is 1. The number of nitrogen functional groups attached to an aromatic ring is 1. The Labute approximate surface area is 111 Å². The number of hydrogen-bond donors (Lipinski definition) is 2. The molecule has 1 saturated heterocycles. The molecule has 2 aliphatic rings. The van der Waals surface area contributed by atoms with Gasteiger partial charge in [-0.25, -0.2) is 4.79 Å². The van der Waals surface area contributed by atoms with E-state index in [4.69, 9.17) is 10.8 Å². The van der Waals surface area contributed by atoms with Crippen LogP contribution in [-0.2, 0) is 6.42 Å². The summed E-state index contributed by atoms with van der Waals surface area (Å²) in [5.74, 6) is 0.139. The van der Waals surface area contributed by atoms with Gasteiger partial charge in [-0.2, -0.15) is 0 Å². The zero-order valence-electron chi connectivity index (χ0n) is 10.6. The average molecular weight is 260 g/mol. The number of fused-ring (bicyclic) bond motifs is 1. The van der Waals surface area contributed by atoms with Crippen molar-refractivity contribution in [3.8, 4) is 0 Å². The van der Waals surface area contributed by atoms with E-state index in [1.54, 1.807) is 6.07 Å². The quantitative estimate of drug-likeness (QED) is 0.696. The van der Waals surface area contributed by atoms with Gasteiger partial charge in [0.05, 0.1) is 0 Å². The Morgan fingerprint density at radius 1 is 1.32 bits per heavy atom. The molecule has 0 radical (unpaired) electrons. The number of carboxylic acid groups (broad SMARTS) is 1. The number of benzene rings is 1. The van der Waals surface area contributed by atoms with E-state index < -0.39 is 11.5 Å². The van der Waals surface area contributed by atoms with Crippen LogP contribution < -0.4 is 5.73 Å². The number of piperidine rings is 1. The molecule has 1 aromatic rings. The molecule has 19 heavy (non-hydrogen) atoms. The number of carbonyl (C=O) groups excluding carboxylic acids is 1. The zero-order valence-corrected chi connectivity index (χ0v) is 10.6. The smallest absolute Gasteiger partial charge is 0.407 e. The Kier molecular flexibility index (Phi) is 2.52. The highest BCUT2D eigenvalue weighted by Crippen LogP contribution is 2.44. The minimum absolute atomic E-state index is 0.139. The fourth-order valence-electron chi connectivity index (χ4n) is 3.22. The predicted octanol–water partition coefficient (Wildman–Crippen LogP) is 1.77. The SMILES string of the molecule is Nc1ccc2c(c1)C(=O)C1(CCN(C(=O)O)CC1)C2. The minimum atomic E-state index is -0.901. The second-order valence-electron chi connectivity index (χ2n) is 5.47. The van der Waals surface area contributed by atoms with Gasteiger partial charge in [-0.15, -0.1) is 0 Å². The lowest BCUT2D eigenvalue weighted by atomic mass is 9.75. The van der Waals surface area contributed by atoms with Gasteiger partial charge in [0.1, 0.15) is 0 Å². The number of nitrogens with zero attached hydrogens (tertiary/aromatic N) is 1. The molecule has 1 fully saturated rings. The average Bonchev–Trinajstić information content (AvgIpc) is 2.64. The second kappa shape index (κ2) is 3.98. The summed E-state index contributed by atoms with van der Waals surface area (Å²) >= 11 is 0. The Bertz CT molecular complexity index is 560. The van der Waals surface area contributed by atoms with Gasteiger partial charge in [-0.3, -0.25) is 4.79 Å². The number of nitrogens with two attached hydrogens (primary N) is 1. The van der Waals surface area contributed by atoms with Crippen molar-refractivity contribution in [1.29, 1.82) is 0 Å². The maximum Gasteiger partial charge on any atom is 0.407 e. The van der Waals surface area contributed by atoms with Crippen molar-refractivity contribution < 1.29 is 14.7 Å². The third-order valence-corrected chi connectivity index (χ3v) is 4.38. The van der Waals surface area contributed by atoms with E-state index >= 15 is 0 Å². The molecule has 1 aliphatic carbocycles. The summed E-state index contributed by atoms with van der Waals surface area (Å²) in [5.41, 5.74) is 7.71. The molecule has 5 heteroatoms. The highest BCUT2D eigenvalue weighted by molar-refractivity contribution is 6.05. The van der Waals surface area contributed by atoms with Crippen molar-refractivity contribution in [3.05, 3.63) is 29.3 Å². The number of ketones is 1. The van der Waals surface area contributed by atoms with Gasteiger partial charge < -0.3 is 15.7 Å². The van der Waals surface area contributed by atoms with Crippen molar-refractivity contribution in [2.24, 2.45) is 5.41 Å². The van der Waals surface area contributed by atoms with Crippen LogP contribution in [0.4, 0.5) is 10.5 Å². The topological polar surface area (TPSA) is 83.6 Å². The summed E-state index contributed by atoms with van der Waals surface area (Å²) in [6.45, 7) is 0.870. The van der Waals surface area contributed by atoms with Crippen LogP contribution in [0, 0.1) is 5.41 Å². The van der Waals surface area contributed by atoms with E-state index in [0.29, 0.717) is 31.6 Å². The van der Waals surface area contributed by atoms with Crippen LogP contribution in [0.15, 0.2) is 18.2 Å². The molecule has 0 bridgehead atoms. The molecule has 0 unspecified atom stereocenters. The molecular formula is C14H16N2O3. The molecule has 1 amide bonds. The van der Waals surface area contributed by atoms with E-state index in [1.807, 2.05) is 12.1 Å². The molecule has 1 aliphatic heterocycles. The van der Waals surface area contributed by atoms with Crippen molar-refractivity contribution in [2.45, 2.75) is 19.3 Å². The lowest BCUT2D eigenvalue weighted by Gasteiger charge is -2.36. The van der Waals surface area contributed by atoms with Crippen molar-refractivity contribution in [2.75, 3.05) is 18.8 Å². The van der Waals surface area contributed by atoms with Crippen molar-refractivity contribution >= 4 is 17.6 Å². The van der Waals surface area contributed by atoms with Gasteiger partial charge in [-0.05, 0) is 37.0 Å². The van der Waals surface area contributed by atoms with Gasteiger partial charge >= 0.3 is 6.09 Å². The third kappa shape index (κ3) is 1.77.